The van der Waals surface area contributed by atoms with Crippen LogP contribution >= 0.6 is 11.8 Å². The maximum atomic E-state index is 12.9. The van der Waals surface area contributed by atoms with Crippen molar-refractivity contribution in [3.8, 4) is 11.5 Å². The van der Waals surface area contributed by atoms with Crippen molar-refractivity contribution in [1.82, 2.24) is 14.8 Å². The predicted molar refractivity (Wildman–Crippen MR) is 103 cm³/mol. The first-order valence-electron chi connectivity index (χ1n) is 9.01. The number of fused-ring (bicyclic) bond motifs is 1. The fraction of sp³-hybridized carbons (Fsp3) is 0.421. The number of carbonyl (C=O) groups excluding carboxylic acids is 1. The molecule has 4 rings (SSSR count). The highest BCUT2D eigenvalue weighted by molar-refractivity contribution is 7.99. The zero-order valence-corrected chi connectivity index (χ0v) is 16.3. The van der Waals surface area contributed by atoms with E-state index in [1.807, 2.05) is 6.07 Å². The second-order valence-electron chi connectivity index (χ2n) is 6.88. The van der Waals surface area contributed by atoms with Gasteiger partial charge in [-0.15, -0.1) is 5.10 Å². The largest absolute Gasteiger partial charge is 0.504 e. The molecule has 2 atom stereocenters. The molecule has 2 aromatic rings. The number of allylic oxidation sites excluding steroid dienone is 2. The standard InChI is InChI=1S/C19H22N4O3S/c1-4-27-19-21-18-20-12-7-10(2)8-14(25)16(12)17(23(18)22-19)11-5-6-13(24)15(9-11)26-3/h5-6,9-10,17,24H,4,7-8H2,1-3H3,(H,20,21,22)/t10-,17-/m1/s1. The lowest BCUT2D eigenvalue weighted by Crippen LogP contribution is -2.33. The van der Waals surface area contributed by atoms with E-state index in [-0.39, 0.29) is 23.5 Å². The molecule has 0 fully saturated rings. The predicted octanol–water partition coefficient (Wildman–Crippen LogP) is 3.37. The number of hydrogen-bond donors (Lipinski definition) is 2. The Morgan fingerprint density at radius 2 is 2.22 bits per heavy atom. The van der Waals surface area contributed by atoms with Gasteiger partial charge >= 0.3 is 0 Å². The Kier molecular flexibility index (Phi) is 4.59. The molecule has 0 bridgehead atoms. The molecule has 2 aliphatic rings. The van der Waals surface area contributed by atoms with Gasteiger partial charge in [0.05, 0.1) is 7.11 Å². The number of hydrogen-bond acceptors (Lipinski definition) is 7. The number of nitrogens with one attached hydrogen (secondary N) is 1. The van der Waals surface area contributed by atoms with Crippen LogP contribution in [0.1, 0.15) is 38.3 Å². The molecule has 142 valence electrons. The summed E-state index contributed by atoms with van der Waals surface area (Å²) >= 11 is 1.56. The summed E-state index contributed by atoms with van der Waals surface area (Å²) in [6, 6.07) is 4.77. The molecule has 0 radical (unpaired) electrons. The van der Waals surface area contributed by atoms with Gasteiger partial charge in [0.25, 0.3) is 0 Å². The lowest BCUT2D eigenvalue weighted by molar-refractivity contribution is -0.117. The van der Waals surface area contributed by atoms with Crippen LogP contribution in [-0.4, -0.2) is 38.5 Å². The van der Waals surface area contributed by atoms with Gasteiger partial charge in [-0.2, -0.15) is 4.98 Å². The third kappa shape index (κ3) is 3.07. The van der Waals surface area contributed by atoms with Crippen molar-refractivity contribution in [2.75, 3.05) is 18.2 Å². The normalized spacial score (nSPS) is 21.5. The molecule has 27 heavy (non-hydrogen) atoms. The van der Waals surface area contributed by atoms with E-state index in [4.69, 9.17) is 4.74 Å². The van der Waals surface area contributed by atoms with Gasteiger partial charge in [0.2, 0.25) is 11.1 Å². The van der Waals surface area contributed by atoms with Crippen molar-refractivity contribution in [3.05, 3.63) is 35.0 Å². The first kappa shape index (κ1) is 17.9. The lowest BCUT2D eigenvalue weighted by Gasteiger charge is -2.34. The number of ketones is 1. The van der Waals surface area contributed by atoms with Gasteiger partial charge < -0.3 is 15.2 Å². The van der Waals surface area contributed by atoms with Gasteiger partial charge in [0, 0.05) is 17.7 Å². The molecule has 1 aromatic carbocycles. The number of aromatic hydroxyl groups is 1. The van der Waals surface area contributed by atoms with Gasteiger partial charge in [-0.3, -0.25) is 4.79 Å². The molecule has 1 aliphatic heterocycles. The average molecular weight is 386 g/mol. The van der Waals surface area contributed by atoms with Crippen molar-refractivity contribution in [3.63, 3.8) is 0 Å². The number of Topliss-reactive ketones (excluding diaryl/α,β-unsaturated/α-hetero) is 1. The number of thioether (sulfide) groups is 1. The van der Waals surface area contributed by atoms with E-state index in [9.17, 15) is 9.90 Å². The Hall–Kier alpha value is -2.48. The van der Waals surface area contributed by atoms with Crippen LogP contribution in [0.4, 0.5) is 5.95 Å². The molecule has 0 saturated carbocycles. The quantitative estimate of drug-likeness (QED) is 0.779. The topological polar surface area (TPSA) is 89.3 Å². The molecule has 0 saturated heterocycles. The van der Waals surface area contributed by atoms with Crippen LogP contribution in [-0.2, 0) is 4.79 Å². The molecule has 1 aliphatic carbocycles. The van der Waals surface area contributed by atoms with Crippen LogP contribution < -0.4 is 10.1 Å². The maximum absolute atomic E-state index is 12.9. The highest BCUT2D eigenvalue weighted by Crippen LogP contribution is 2.43. The average Bonchev–Trinajstić information content (AvgIpc) is 3.02. The number of rotatable bonds is 4. The molecule has 2 N–H and O–H groups in total. The number of benzene rings is 1. The second-order valence-corrected chi connectivity index (χ2v) is 8.11. The Morgan fingerprint density at radius 1 is 1.41 bits per heavy atom. The summed E-state index contributed by atoms with van der Waals surface area (Å²) in [6.45, 7) is 4.13. The minimum Gasteiger partial charge on any atom is -0.504 e. The molecule has 1 aromatic heterocycles. The molecule has 8 heteroatoms. The zero-order valence-electron chi connectivity index (χ0n) is 15.5. The van der Waals surface area contributed by atoms with Gasteiger partial charge in [-0.1, -0.05) is 31.7 Å². The molecule has 2 heterocycles. The summed E-state index contributed by atoms with van der Waals surface area (Å²) < 4.78 is 7.05. The Labute approximate surface area is 161 Å². The first-order chi connectivity index (χ1) is 13.0. The SMILES string of the molecule is CCSc1nc2n(n1)[C@H](c1ccc(O)c(OC)c1)C1=C(C[C@@H](C)CC1=O)N2. The molecule has 0 amide bonds. The fourth-order valence-electron chi connectivity index (χ4n) is 3.75. The van der Waals surface area contributed by atoms with Crippen LogP contribution in [0.25, 0.3) is 0 Å². The number of nitrogens with zero attached hydrogens (tertiary/aromatic N) is 3. The summed E-state index contributed by atoms with van der Waals surface area (Å²) in [5.74, 6) is 2.36. The number of ether oxygens (including phenoxy) is 1. The van der Waals surface area contributed by atoms with E-state index >= 15 is 0 Å². The van der Waals surface area contributed by atoms with Crippen molar-refractivity contribution in [2.45, 2.75) is 37.9 Å². The number of methoxy groups -OCH3 is 1. The second kappa shape index (κ2) is 6.92. The fourth-order valence-corrected chi connectivity index (χ4v) is 4.30. The zero-order chi connectivity index (χ0) is 19.1. The third-order valence-corrected chi connectivity index (χ3v) is 5.62. The summed E-state index contributed by atoms with van der Waals surface area (Å²) in [6.07, 6.45) is 1.32. The van der Waals surface area contributed by atoms with Crippen LogP contribution in [0.5, 0.6) is 11.5 Å². The minimum absolute atomic E-state index is 0.0639. The van der Waals surface area contributed by atoms with Crippen LogP contribution in [0.2, 0.25) is 0 Å². The van der Waals surface area contributed by atoms with Gasteiger partial charge in [0.15, 0.2) is 17.3 Å². The van der Waals surface area contributed by atoms with E-state index in [2.05, 4.69) is 29.2 Å². The molecule has 7 nitrogen and oxygen atoms in total. The van der Waals surface area contributed by atoms with Crippen molar-refractivity contribution in [2.24, 2.45) is 5.92 Å². The number of carbonyl (C=O) groups is 1. The highest BCUT2D eigenvalue weighted by Gasteiger charge is 2.38. The highest BCUT2D eigenvalue weighted by atomic mass is 32.2. The van der Waals surface area contributed by atoms with Gasteiger partial charge in [0.1, 0.15) is 6.04 Å². The number of aromatic nitrogens is 3. The molecular weight excluding hydrogens is 364 g/mol. The van der Waals surface area contributed by atoms with Crippen molar-refractivity contribution in [1.29, 1.82) is 0 Å². The molecular formula is C19H22N4O3S. The van der Waals surface area contributed by atoms with Crippen molar-refractivity contribution < 1.29 is 14.6 Å². The van der Waals surface area contributed by atoms with Crippen LogP contribution in [0.15, 0.2) is 34.6 Å². The lowest BCUT2D eigenvalue weighted by atomic mass is 9.81. The summed E-state index contributed by atoms with van der Waals surface area (Å²) in [7, 11) is 1.51. The Bertz CT molecular complexity index is 937. The summed E-state index contributed by atoms with van der Waals surface area (Å²) in [5.41, 5.74) is 2.48. The summed E-state index contributed by atoms with van der Waals surface area (Å²) in [5, 5.41) is 18.6. The van der Waals surface area contributed by atoms with E-state index in [1.54, 1.807) is 28.6 Å². The minimum atomic E-state index is -0.385. The molecule has 0 spiro atoms. The Balaban J connectivity index is 1.88. The summed E-state index contributed by atoms with van der Waals surface area (Å²) in [4.78, 5) is 17.5. The van der Waals surface area contributed by atoms with E-state index < -0.39 is 0 Å². The van der Waals surface area contributed by atoms with Gasteiger partial charge in [-0.05, 0) is 35.8 Å². The smallest absolute Gasteiger partial charge is 0.227 e. The first-order valence-corrected chi connectivity index (χ1v) is 9.99. The number of anilines is 1. The van der Waals surface area contributed by atoms with E-state index in [0.717, 1.165) is 29.0 Å². The van der Waals surface area contributed by atoms with Crippen LogP contribution in [0, 0.1) is 5.92 Å². The van der Waals surface area contributed by atoms with E-state index in [1.165, 1.54) is 7.11 Å². The maximum Gasteiger partial charge on any atom is 0.227 e. The molecule has 0 unspecified atom stereocenters. The monoisotopic (exact) mass is 386 g/mol. The van der Waals surface area contributed by atoms with Gasteiger partial charge in [-0.25, -0.2) is 4.68 Å². The number of phenols is 1. The number of phenolic OH excluding ortho intramolecular Hbond substituents is 1. The third-order valence-electron chi connectivity index (χ3n) is 4.90. The Morgan fingerprint density at radius 3 is 2.96 bits per heavy atom. The van der Waals surface area contributed by atoms with Crippen molar-refractivity contribution >= 4 is 23.5 Å². The van der Waals surface area contributed by atoms with Crippen LogP contribution in [0.3, 0.4) is 0 Å². The van der Waals surface area contributed by atoms with E-state index in [0.29, 0.717) is 23.3 Å².